The topological polar surface area (TPSA) is 98.3 Å². The molecule has 0 bridgehead atoms. The van der Waals surface area contributed by atoms with Gasteiger partial charge in [0.2, 0.25) is 5.91 Å². The van der Waals surface area contributed by atoms with Gasteiger partial charge in [0.25, 0.3) is 5.92 Å². The quantitative estimate of drug-likeness (QED) is 0.652. The number of carbonyl (C=O) groups is 2. The first-order valence-corrected chi connectivity index (χ1v) is 9.41. The van der Waals surface area contributed by atoms with Crippen LogP contribution in [-0.2, 0) is 4.79 Å². The van der Waals surface area contributed by atoms with Crippen LogP contribution in [0.4, 0.5) is 13.6 Å². The molecule has 7 nitrogen and oxygen atoms in total. The van der Waals surface area contributed by atoms with Gasteiger partial charge in [-0.15, -0.1) is 6.42 Å². The van der Waals surface area contributed by atoms with Crippen LogP contribution in [0.5, 0.6) is 0 Å². The van der Waals surface area contributed by atoms with E-state index in [1.165, 1.54) is 6.20 Å². The normalized spacial score (nSPS) is 18.8. The van der Waals surface area contributed by atoms with E-state index in [0.717, 1.165) is 10.5 Å². The maximum absolute atomic E-state index is 14.2. The smallest absolute Gasteiger partial charge is 0.405 e. The van der Waals surface area contributed by atoms with Crippen molar-refractivity contribution in [3.63, 3.8) is 0 Å². The second-order valence-electron chi connectivity index (χ2n) is 7.62. The van der Waals surface area contributed by atoms with Gasteiger partial charge in [-0.25, -0.2) is 18.6 Å². The molecule has 3 rings (SSSR count). The third-order valence-corrected chi connectivity index (χ3v) is 5.04. The maximum atomic E-state index is 14.2. The zero-order chi connectivity index (χ0) is 22.1. The second kappa shape index (κ2) is 8.14. The average Bonchev–Trinajstić information content (AvgIpc) is 3.29. The number of carbonyl (C=O) groups excluding carboxylic acids is 1. The van der Waals surface area contributed by atoms with E-state index < -0.39 is 48.9 Å². The molecule has 9 heteroatoms. The Morgan fingerprint density at radius 1 is 1.37 bits per heavy atom. The fourth-order valence-electron chi connectivity index (χ4n) is 3.52. The summed E-state index contributed by atoms with van der Waals surface area (Å²) in [6, 6.07) is 4.93. The molecule has 0 radical (unpaired) electrons. The van der Waals surface area contributed by atoms with Crippen molar-refractivity contribution in [2.75, 3.05) is 6.54 Å². The van der Waals surface area contributed by atoms with Gasteiger partial charge in [-0.3, -0.25) is 4.79 Å². The van der Waals surface area contributed by atoms with Crippen molar-refractivity contribution in [1.29, 1.82) is 0 Å². The number of aromatic amines is 1. The van der Waals surface area contributed by atoms with Crippen molar-refractivity contribution >= 4 is 12.0 Å². The van der Waals surface area contributed by atoms with Crippen LogP contribution >= 0.6 is 0 Å². The summed E-state index contributed by atoms with van der Waals surface area (Å²) >= 11 is 0. The van der Waals surface area contributed by atoms with E-state index >= 15 is 0 Å². The number of terminal acetylenes is 1. The predicted molar refractivity (Wildman–Crippen MR) is 106 cm³/mol. The molecule has 1 aromatic heterocycles. The summed E-state index contributed by atoms with van der Waals surface area (Å²) in [5, 5.41) is 11.1. The van der Waals surface area contributed by atoms with E-state index in [2.05, 4.69) is 21.2 Å². The molecular weight excluding hydrogens is 394 g/mol. The lowest BCUT2D eigenvalue weighted by Gasteiger charge is -2.29. The van der Waals surface area contributed by atoms with Gasteiger partial charge >= 0.3 is 6.09 Å². The number of likely N-dealkylation sites (tertiary alicyclic amines) is 1. The molecule has 1 aliphatic heterocycles. The summed E-state index contributed by atoms with van der Waals surface area (Å²) in [4.78, 5) is 32.2. The Morgan fingerprint density at radius 2 is 2.03 bits per heavy atom. The lowest BCUT2D eigenvalue weighted by atomic mass is 10.0. The molecule has 1 fully saturated rings. The molecule has 2 amide bonds. The number of alkyl halides is 2. The number of benzene rings is 1. The van der Waals surface area contributed by atoms with Crippen LogP contribution < -0.4 is 5.32 Å². The molecule has 1 saturated heterocycles. The van der Waals surface area contributed by atoms with Crippen molar-refractivity contribution in [2.45, 2.75) is 38.3 Å². The fraction of sp³-hybridized carbons (Fsp3) is 0.381. The lowest BCUT2D eigenvalue weighted by Crippen LogP contribution is -2.51. The van der Waals surface area contributed by atoms with Crippen LogP contribution in [0.2, 0.25) is 0 Å². The standard InChI is InChI=1S/C21H22F2N4O3/c1-4-13-5-7-14(8-6-13)15-10-24-18(25-15)16-9-21(22,23)11-27(16)19(28)17(12(2)3)26-20(29)30/h1,5-8,10,12,16-17,26H,9,11H2,2-3H3,(H,24,25)(H,29,30). The Bertz CT molecular complexity index is 979. The molecular formula is C21H22F2N4O3. The number of nitrogens with zero attached hydrogens (tertiary/aromatic N) is 2. The number of hydrogen-bond donors (Lipinski definition) is 3. The summed E-state index contributed by atoms with van der Waals surface area (Å²) in [6.45, 7) is 2.49. The molecule has 2 aromatic rings. The Balaban J connectivity index is 1.89. The minimum atomic E-state index is -3.10. The highest BCUT2D eigenvalue weighted by atomic mass is 19.3. The third-order valence-electron chi connectivity index (χ3n) is 5.04. The minimum Gasteiger partial charge on any atom is -0.465 e. The Labute approximate surface area is 172 Å². The highest BCUT2D eigenvalue weighted by Gasteiger charge is 2.50. The molecule has 3 N–H and O–H groups in total. The van der Waals surface area contributed by atoms with Crippen molar-refractivity contribution in [2.24, 2.45) is 5.92 Å². The minimum absolute atomic E-state index is 0.217. The first-order valence-electron chi connectivity index (χ1n) is 9.41. The van der Waals surface area contributed by atoms with Gasteiger partial charge in [0.05, 0.1) is 24.5 Å². The summed E-state index contributed by atoms with van der Waals surface area (Å²) in [5.41, 5.74) is 2.07. The first-order chi connectivity index (χ1) is 14.1. The van der Waals surface area contributed by atoms with Gasteiger partial charge in [-0.1, -0.05) is 31.9 Å². The van der Waals surface area contributed by atoms with E-state index in [9.17, 15) is 18.4 Å². The highest BCUT2D eigenvalue weighted by molar-refractivity contribution is 5.86. The van der Waals surface area contributed by atoms with E-state index in [-0.39, 0.29) is 5.82 Å². The molecule has 1 aliphatic rings. The lowest BCUT2D eigenvalue weighted by molar-refractivity contribution is -0.136. The summed E-state index contributed by atoms with van der Waals surface area (Å²) < 4.78 is 28.5. The number of imidazole rings is 1. The maximum Gasteiger partial charge on any atom is 0.405 e. The van der Waals surface area contributed by atoms with Crippen LogP contribution in [0, 0.1) is 18.3 Å². The Kier molecular flexibility index (Phi) is 5.78. The van der Waals surface area contributed by atoms with Gasteiger partial charge in [0.1, 0.15) is 11.9 Å². The Morgan fingerprint density at radius 3 is 2.60 bits per heavy atom. The average molecular weight is 416 g/mol. The van der Waals surface area contributed by atoms with E-state index in [1.807, 2.05) is 0 Å². The molecule has 2 unspecified atom stereocenters. The summed E-state index contributed by atoms with van der Waals surface area (Å²) in [7, 11) is 0. The van der Waals surface area contributed by atoms with E-state index in [0.29, 0.717) is 11.3 Å². The van der Waals surface area contributed by atoms with Crippen molar-refractivity contribution in [1.82, 2.24) is 20.2 Å². The number of aromatic nitrogens is 2. The van der Waals surface area contributed by atoms with E-state index in [4.69, 9.17) is 11.5 Å². The number of amides is 2. The molecule has 0 aliphatic carbocycles. The number of H-pyrrole nitrogens is 1. The number of nitrogens with one attached hydrogen (secondary N) is 2. The van der Waals surface area contributed by atoms with Gasteiger partial charge < -0.3 is 20.3 Å². The van der Waals surface area contributed by atoms with Gasteiger partial charge in [-0.2, -0.15) is 0 Å². The zero-order valence-corrected chi connectivity index (χ0v) is 16.5. The molecule has 158 valence electrons. The molecule has 2 atom stereocenters. The highest BCUT2D eigenvalue weighted by Crippen LogP contribution is 2.41. The number of hydrogen-bond acceptors (Lipinski definition) is 3. The van der Waals surface area contributed by atoms with Crippen LogP contribution in [0.25, 0.3) is 11.3 Å². The van der Waals surface area contributed by atoms with Crippen LogP contribution in [-0.4, -0.2) is 50.5 Å². The molecule has 0 saturated carbocycles. The van der Waals surface area contributed by atoms with E-state index in [1.54, 1.807) is 38.1 Å². The van der Waals surface area contributed by atoms with Crippen molar-refractivity contribution < 1.29 is 23.5 Å². The monoisotopic (exact) mass is 416 g/mol. The SMILES string of the molecule is C#Cc1ccc(-c2cnc(C3CC(F)(F)CN3C(=O)C(NC(=O)O)C(C)C)[nH]2)cc1. The molecule has 1 aromatic carbocycles. The predicted octanol–water partition coefficient (Wildman–Crippen LogP) is 3.26. The van der Waals surface area contributed by atoms with Gasteiger partial charge in [0.15, 0.2) is 0 Å². The number of halogens is 2. The number of carboxylic acid groups (broad SMARTS) is 1. The van der Waals surface area contributed by atoms with Crippen molar-refractivity contribution in [3.8, 4) is 23.6 Å². The number of rotatable bonds is 5. The summed E-state index contributed by atoms with van der Waals surface area (Å²) in [6.07, 6.45) is 4.87. The molecule has 2 heterocycles. The van der Waals surface area contributed by atoms with Crippen LogP contribution in [0.1, 0.15) is 37.7 Å². The fourth-order valence-corrected chi connectivity index (χ4v) is 3.52. The van der Waals surface area contributed by atoms with Gasteiger partial charge in [0, 0.05) is 12.0 Å². The summed E-state index contributed by atoms with van der Waals surface area (Å²) in [5.74, 6) is -1.49. The first kappa shape index (κ1) is 21.3. The third kappa shape index (κ3) is 4.43. The Hall–Kier alpha value is -3.41. The van der Waals surface area contributed by atoms with Crippen LogP contribution in [0.3, 0.4) is 0 Å². The molecule has 0 spiro atoms. The van der Waals surface area contributed by atoms with Gasteiger partial charge in [-0.05, 0) is 23.6 Å². The zero-order valence-electron chi connectivity index (χ0n) is 16.5. The molecule has 30 heavy (non-hydrogen) atoms. The second-order valence-corrected chi connectivity index (χ2v) is 7.62. The van der Waals surface area contributed by atoms with Crippen LogP contribution in [0.15, 0.2) is 30.5 Å². The van der Waals surface area contributed by atoms with Crippen molar-refractivity contribution in [3.05, 3.63) is 41.9 Å². The largest absolute Gasteiger partial charge is 0.465 e.